The van der Waals surface area contributed by atoms with Gasteiger partial charge in [-0.25, -0.2) is 8.42 Å². The molecule has 0 aromatic heterocycles. The van der Waals surface area contributed by atoms with Crippen molar-refractivity contribution >= 4 is 9.84 Å². The number of hydrogen-bond donors (Lipinski definition) is 2. The molecule has 1 aliphatic carbocycles. The molecule has 2 aliphatic rings. The van der Waals surface area contributed by atoms with Crippen LogP contribution in [-0.2, 0) is 9.84 Å². The van der Waals surface area contributed by atoms with Gasteiger partial charge >= 0.3 is 0 Å². The topological polar surface area (TPSA) is 66.4 Å². The Hall–Kier alpha value is -0.130. The predicted molar refractivity (Wildman–Crippen MR) is 67.6 cm³/mol. The van der Waals surface area contributed by atoms with E-state index in [2.05, 4.69) is 19.2 Å². The van der Waals surface area contributed by atoms with E-state index in [-0.39, 0.29) is 17.5 Å². The SMILES string of the molecule is CC1(C)CCC(NC2CS(=O)(=O)CC2O)CC1. The summed E-state index contributed by atoms with van der Waals surface area (Å²) in [5.41, 5.74) is 0.415. The molecular formula is C12H23NO3S. The average Bonchev–Trinajstić information content (AvgIpc) is 2.43. The first-order valence-electron chi connectivity index (χ1n) is 6.42. The van der Waals surface area contributed by atoms with Gasteiger partial charge in [-0.3, -0.25) is 0 Å². The van der Waals surface area contributed by atoms with Crippen LogP contribution in [0.4, 0.5) is 0 Å². The van der Waals surface area contributed by atoms with Crippen LogP contribution in [0.1, 0.15) is 39.5 Å². The molecule has 2 N–H and O–H groups in total. The van der Waals surface area contributed by atoms with E-state index in [9.17, 15) is 13.5 Å². The monoisotopic (exact) mass is 261 g/mol. The molecule has 2 fully saturated rings. The number of nitrogens with one attached hydrogen (secondary N) is 1. The first-order valence-corrected chi connectivity index (χ1v) is 8.24. The van der Waals surface area contributed by atoms with Crippen LogP contribution in [0.15, 0.2) is 0 Å². The van der Waals surface area contributed by atoms with Crippen LogP contribution in [0.2, 0.25) is 0 Å². The smallest absolute Gasteiger partial charge is 0.154 e. The van der Waals surface area contributed by atoms with Crippen LogP contribution in [0.25, 0.3) is 0 Å². The minimum absolute atomic E-state index is 0.0805. The molecule has 0 spiro atoms. The maximum absolute atomic E-state index is 11.4. The van der Waals surface area contributed by atoms with E-state index in [0.717, 1.165) is 12.8 Å². The van der Waals surface area contributed by atoms with Gasteiger partial charge in [0.2, 0.25) is 0 Å². The van der Waals surface area contributed by atoms with Crippen molar-refractivity contribution in [3.05, 3.63) is 0 Å². The summed E-state index contributed by atoms with van der Waals surface area (Å²) < 4.78 is 22.8. The molecule has 1 aliphatic heterocycles. The highest BCUT2D eigenvalue weighted by Gasteiger charge is 2.38. The normalized spacial score (nSPS) is 37.1. The van der Waals surface area contributed by atoms with E-state index < -0.39 is 15.9 Å². The lowest BCUT2D eigenvalue weighted by Gasteiger charge is -2.36. The van der Waals surface area contributed by atoms with Crippen molar-refractivity contribution in [3.8, 4) is 0 Å². The molecule has 100 valence electrons. The number of aliphatic hydroxyl groups excluding tert-OH is 1. The van der Waals surface area contributed by atoms with Crippen molar-refractivity contribution in [3.63, 3.8) is 0 Å². The van der Waals surface area contributed by atoms with Gasteiger partial charge in [-0.05, 0) is 31.1 Å². The minimum Gasteiger partial charge on any atom is -0.390 e. The Morgan fingerprint density at radius 1 is 1.18 bits per heavy atom. The Morgan fingerprint density at radius 3 is 2.24 bits per heavy atom. The Balaban J connectivity index is 1.87. The summed E-state index contributed by atoms with van der Waals surface area (Å²) in [7, 11) is -3.03. The Kier molecular flexibility index (Phi) is 3.54. The molecule has 0 aromatic carbocycles. The van der Waals surface area contributed by atoms with Gasteiger partial charge in [0.1, 0.15) is 0 Å². The average molecular weight is 261 g/mol. The molecule has 2 atom stereocenters. The molecule has 2 rings (SSSR count). The molecule has 1 heterocycles. The molecule has 0 aromatic rings. The standard InChI is InChI=1S/C12H23NO3S/c1-12(2)5-3-9(4-6-12)13-10-7-17(15,16)8-11(10)14/h9-11,13-14H,3-8H2,1-2H3. The molecule has 0 bridgehead atoms. The maximum atomic E-state index is 11.4. The van der Waals surface area contributed by atoms with Crippen molar-refractivity contribution in [2.24, 2.45) is 5.41 Å². The van der Waals surface area contributed by atoms with Gasteiger partial charge in [0.15, 0.2) is 9.84 Å². The fraction of sp³-hybridized carbons (Fsp3) is 1.00. The van der Waals surface area contributed by atoms with Crippen molar-refractivity contribution in [2.45, 2.75) is 57.7 Å². The molecular weight excluding hydrogens is 238 g/mol. The van der Waals surface area contributed by atoms with Crippen LogP contribution in [-0.4, -0.2) is 43.2 Å². The van der Waals surface area contributed by atoms with Gasteiger partial charge in [-0.2, -0.15) is 0 Å². The highest BCUT2D eigenvalue weighted by molar-refractivity contribution is 7.91. The maximum Gasteiger partial charge on any atom is 0.154 e. The van der Waals surface area contributed by atoms with Gasteiger partial charge < -0.3 is 10.4 Å². The predicted octanol–water partition coefficient (Wildman–Crippen LogP) is 0.703. The van der Waals surface area contributed by atoms with Crippen LogP contribution in [0.3, 0.4) is 0 Å². The van der Waals surface area contributed by atoms with E-state index >= 15 is 0 Å². The molecule has 2 unspecified atom stereocenters. The summed E-state index contributed by atoms with van der Waals surface area (Å²) in [6.45, 7) is 4.55. The van der Waals surface area contributed by atoms with Crippen LogP contribution < -0.4 is 5.32 Å². The third-order valence-electron chi connectivity index (χ3n) is 4.11. The van der Waals surface area contributed by atoms with E-state index in [0.29, 0.717) is 11.5 Å². The van der Waals surface area contributed by atoms with Crippen LogP contribution >= 0.6 is 0 Å². The summed E-state index contributed by atoms with van der Waals surface area (Å²) in [6, 6.07) is 0.113. The van der Waals surface area contributed by atoms with Gasteiger partial charge in [-0.15, -0.1) is 0 Å². The van der Waals surface area contributed by atoms with Crippen molar-refractivity contribution in [1.82, 2.24) is 5.32 Å². The summed E-state index contributed by atoms with van der Waals surface area (Å²) in [6.07, 6.45) is 3.77. The second-order valence-corrected chi connectivity index (χ2v) is 8.51. The zero-order valence-electron chi connectivity index (χ0n) is 10.6. The first-order chi connectivity index (χ1) is 7.77. The Bertz CT molecular complexity index is 367. The third-order valence-corrected chi connectivity index (χ3v) is 5.83. The van der Waals surface area contributed by atoms with Crippen LogP contribution in [0.5, 0.6) is 0 Å². The Labute approximate surface area is 104 Å². The second kappa shape index (κ2) is 4.52. The van der Waals surface area contributed by atoms with E-state index in [1.165, 1.54) is 12.8 Å². The first kappa shape index (κ1) is 13.3. The summed E-state index contributed by atoms with van der Waals surface area (Å²) in [4.78, 5) is 0. The Morgan fingerprint density at radius 2 is 1.76 bits per heavy atom. The zero-order valence-corrected chi connectivity index (χ0v) is 11.5. The quantitative estimate of drug-likeness (QED) is 0.768. The number of hydrogen-bond acceptors (Lipinski definition) is 4. The lowest BCUT2D eigenvalue weighted by molar-refractivity contribution is 0.139. The lowest BCUT2D eigenvalue weighted by Crippen LogP contribution is -2.47. The highest BCUT2D eigenvalue weighted by atomic mass is 32.2. The van der Waals surface area contributed by atoms with E-state index in [1.54, 1.807) is 0 Å². The number of aliphatic hydroxyl groups is 1. The summed E-state index contributed by atoms with van der Waals surface area (Å²) in [5.74, 6) is 0.0109. The van der Waals surface area contributed by atoms with Crippen molar-refractivity contribution in [1.29, 1.82) is 0 Å². The second-order valence-electron chi connectivity index (χ2n) is 6.36. The van der Waals surface area contributed by atoms with Gasteiger partial charge in [0, 0.05) is 12.1 Å². The van der Waals surface area contributed by atoms with E-state index in [4.69, 9.17) is 0 Å². The van der Waals surface area contributed by atoms with Crippen molar-refractivity contribution < 1.29 is 13.5 Å². The van der Waals surface area contributed by atoms with Crippen LogP contribution in [0, 0.1) is 5.41 Å². The zero-order chi connectivity index (χ0) is 12.7. The molecule has 1 saturated carbocycles. The lowest BCUT2D eigenvalue weighted by atomic mass is 9.75. The molecule has 5 heteroatoms. The molecule has 4 nitrogen and oxygen atoms in total. The largest absolute Gasteiger partial charge is 0.390 e. The number of rotatable bonds is 2. The van der Waals surface area contributed by atoms with Gasteiger partial charge in [0.05, 0.1) is 17.6 Å². The molecule has 0 radical (unpaired) electrons. The number of sulfone groups is 1. The van der Waals surface area contributed by atoms with Gasteiger partial charge in [0.25, 0.3) is 0 Å². The highest BCUT2D eigenvalue weighted by Crippen LogP contribution is 2.35. The summed E-state index contributed by atoms with van der Waals surface area (Å²) in [5, 5.41) is 13.0. The fourth-order valence-electron chi connectivity index (χ4n) is 2.86. The van der Waals surface area contributed by atoms with Gasteiger partial charge in [-0.1, -0.05) is 13.8 Å². The molecule has 17 heavy (non-hydrogen) atoms. The van der Waals surface area contributed by atoms with E-state index in [1.807, 2.05) is 0 Å². The molecule has 0 amide bonds. The summed E-state index contributed by atoms with van der Waals surface area (Å²) >= 11 is 0. The van der Waals surface area contributed by atoms with Crippen molar-refractivity contribution in [2.75, 3.05) is 11.5 Å². The molecule has 1 saturated heterocycles. The minimum atomic E-state index is -3.03. The third kappa shape index (κ3) is 3.42. The fourth-order valence-corrected chi connectivity index (χ4v) is 4.61.